The molecular formula is C19H20FNO3. The van der Waals surface area contributed by atoms with E-state index in [0.29, 0.717) is 12.0 Å². The Morgan fingerprint density at radius 1 is 1.21 bits per heavy atom. The van der Waals surface area contributed by atoms with Gasteiger partial charge in [-0.15, -0.1) is 0 Å². The van der Waals surface area contributed by atoms with E-state index in [2.05, 4.69) is 5.32 Å². The molecule has 4 nitrogen and oxygen atoms in total. The van der Waals surface area contributed by atoms with Crippen molar-refractivity contribution in [2.75, 3.05) is 0 Å². The van der Waals surface area contributed by atoms with E-state index in [9.17, 15) is 9.18 Å². The molecule has 1 heterocycles. The molecule has 0 aromatic heterocycles. The number of hydrogen-bond acceptors (Lipinski definition) is 3. The van der Waals surface area contributed by atoms with Gasteiger partial charge in [0.15, 0.2) is 0 Å². The van der Waals surface area contributed by atoms with Crippen molar-refractivity contribution >= 4 is 5.91 Å². The second-order valence-corrected chi connectivity index (χ2v) is 5.90. The highest BCUT2D eigenvalue weighted by Gasteiger charge is 2.31. The fourth-order valence-corrected chi connectivity index (χ4v) is 2.87. The highest BCUT2D eigenvalue weighted by Crippen LogP contribution is 2.32. The molecule has 2 N–H and O–H groups in total. The molecule has 5 heteroatoms. The summed E-state index contributed by atoms with van der Waals surface area (Å²) in [5, 5.41) is 11.7. The lowest BCUT2D eigenvalue weighted by molar-refractivity contribution is -0.132. The van der Waals surface area contributed by atoms with E-state index in [1.54, 1.807) is 6.07 Å². The monoisotopic (exact) mass is 329 g/mol. The number of rotatable bonds is 5. The number of ether oxygens (including phenoxy) is 1. The zero-order valence-electron chi connectivity index (χ0n) is 13.2. The quantitative estimate of drug-likeness (QED) is 0.887. The van der Waals surface area contributed by atoms with Crippen LogP contribution in [0.2, 0.25) is 0 Å². The van der Waals surface area contributed by atoms with Gasteiger partial charge in [0, 0.05) is 12.1 Å². The molecule has 1 amide bonds. The Bertz CT molecular complexity index is 705. The van der Waals surface area contributed by atoms with Crippen LogP contribution in [0, 0.1) is 5.82 Å². The molecule has 1 saturated heterocycles. The summed E-state index contributed by atoms with van der Waals surface area (Å²) in [6, 6.07) is 14.4. The smallest absolute Gasteiger partial charge is 0.249 e. The number of nitrogens with one attached hydrogen (secondary N) is 1. The van der Waals surface area contributed by atoms with Gasteiger partial charge < -0.3 is 15.2 Å². The van der Waals surface area contributed by atoms with Gasteiger partial charge in [0.05, 0.1) is 12.7 Å². The molecule has 3 rings (SSSR count). The van der Waals surface area contributed by atoms with Crippen LogP contribution in [0.15, 0.2) is 48.5 Å². The van der Waals surface area contributed by atoms with Gasteiger partial charge in [-0.2, -0.15) is 0 Å². The van der Waals surface area contributed by atoms with Crippen molar-refractivity contribution in [3.63, 3.8) is 0 Å². The molecular weight excluding hydrogens is 309 g/mol. The maximum absolute atomic E-state index is 13.6. The van der Waals surface area contributed by atoms with Crippen molar-refractivity contribution in [1.29, 1.82) is 0 Å². The van der Waals surface area contributed by atoms with Gasteiger partial charge in [-0.3, -0.25) is 4.79 Å². The minimum atomic E-state index is -0.475. The van der Waals surface area contributed by atoms with Crippen molar-refractivity contribution < 1.29 is 19.0 Å². The topological polar surface area (TPSA) is 58.6 Å². The first kappa shape index (κ1) is 16.6. The second kappa shape index (κ2) is 7.55. The van der Waals surface area contributed by atoms with Crippen molar-refractivity contribution in [3.05, 3.63) is 71.0 Å². The number of aliphatic hydroxyl groups excluding tert-OH is 1. The highest BCUT2D eigenvalue weighted by molar-refractivity contribution is 5.81. The van der Waals surface area contributed by atoms with E-state index < -0.39 is 11.9 Å². The summed E-state index contributed by atoms with van der Waals surface area (Å²) in [5.74, 6) is -0.648. The van der Waals surface area contributed by atoms with E-state index in [1.807, 2.05) is 30.3 Å². The number of hydrogen-bond donors (Lipinski definition) is 2. The lowest BCUT2D eigenvalue weighted by Crippen LogP contribution is -2.33. The summed E-state index contributed by atoms with van der Waals surface area (Å²) in [6.45, 7) is -0.105. The number of aliphatic hydroxyl groups is 1. The van der Waals surface area contributed by atoms with E-state index in [4.69, 9.17) is 9.84 Å². The standard InChI is InChI=1S/C19H20FNO3/c20-16-10-13(6-7-15(16)12-22)11-21-19(23)18-9-8-17(24-18)14-4-2-1-3-5-14/h1-7,10,17-18,22H,8-9,11-12H2,(H,21,23)/t17-,18+/m0/s1. The third-order valence-electron chi connectivity index (χ3n) is 4.24. The van der Waals surface area contributed by atoms with Crippen molar-refractivity contribution in [3.8, 4) is 0 Å². The van der Waals surface area contributed by atoms with Crippen LogP contribution in [0.4, 0.5) is 4.39 Å². The Hall–Kier alpha value is -2.24. The molecule has 2 aromatic carbocycles. The third kappa shape index (κ3) is 3.80. The number of amides is 1. The normalized spacial score (nSPS) is 20.1. The van der Waals surface area contributed by atoms with E-state index in [1.165, 1.54) is 12.1 Å². The summed E-state index contributed by atoms with van der Waals surface area (Å²) in [6.07, 6.45) is 0.950. The van der Waals surface area contributed by atoms with E-state index in [0.717, 1.165) is 12.0 Å². The third-order valence-corrected chi connectivity index (χ3v) is 4.24. The van der Waals surface area contributed by atoms with E-state index >= 15 is 0 Å². The van der Waals surface area contributed by atoms with Crippen LogP contribution in [0.3, 0.4) is 0 Å². The first-order chi connectivity index (χ1) is 11.7. The Morgan fingerprint density at radius 3 is 2.71 bits per heavy atom. The van der Waals surface area contributed by atoms with Crippen LogP contribution < -0.4 is 5.32 Å². The lowest BCUT2D eigenvalue weighted by Gasteiger charge is -2.14. The molecule has 126 valence electrons. The SMILES string of the molecule is O=C(NCc1ccc(CO)c(F)c1)[C@H]1CC[C@@H](c2ccccc2)O1. The second-order valence-electron chi connectivity index (χ2n) is 5.90. The van der Waals surface area contributed by atoms with Gasteiger partial charge in [-0.05, 0) is 30.0 Å². The molecule has 0 saturated carbocycles. The van der Waals surface area contributed by atoms with Crippen molar-refractivity contribution in [2.24, 2.45) is 0 Å². The maximum atomic E-state index is 13.6. The first-order valence-electron chi connectivity index (χ1n) is 8.03. The van der Waals surface area contributed by atoms with Crippen LogP contribution >= 0.6 is 0 Å². The molecule has 2 aromatic rings. The van der Waals surface area contributed by atoms with Crippen LogP contribution in [-0.4, -0.2) is 17.1 Å². The van der Waals surface area contributed by atoms with Crippen molar-refractivity contribution in [2.45, 2.75) is 38.2 Å². The molecule has 1 aliphatic heterocycles. The molecule has 1 fully saturated rings. The minimum Gasteiger partial charge on any atom is -0.392 e. The predicted molar refractivity (Wildman–Crippen MR) is 87.5 cm³/mol. The Labute approximate surface area is 140 Å². The first-order valence-corrected chi connectivity index (χ1v) is 8.03. The van der Waals surface area contributed by atoms with Gasteiger partial charge in [0.25, 0.3) is 0 Å². The summed E-state index contributed by atoms with van der Waals surface area (Å²) >= 11 is 0. The fourth-order valence-electron chi connectivity index (χ4n) is 2.87. The van der Waals surface area contributed by atoms with Crippen molar-refractivity contribution in [1.82, 2.24) is 5.32 Å². The lowest BCUT2D eigenvalue weighted by atomic mass is 10.1. The Balaban J connectivity index is 1.53. The number of benzene rings is 2. The number of carbonyl (C=O) groups excluding carboxylic acids is 1. The molecule has 1 aliphatic rings. The van der Waals surface area contributed by atoms with Gasteiger partial charge in [0.2, 0.25) is 5.91 Å². The van der Waals surface area contributed by atoms with Crippen LogP contribution in [0.5, 0.6) is 0 Å². The predicted octanol–water partition coefficient (Wildman–Crippen LogP) is 2.85. The molecule has 2 atom stereocenters. The minimum absolute atomic E-state index is 0.0526. The highest BCUT2D eigenvalue weighted by atomic mass is 19.1. The summed E-state index contributed by atoms with van der Waals surface area (Å²) in [5.41, 5.74) is 1.97. The van der Waals surface area contributed by atoms with Gasteiger partial charge >= 0.3 is 0 Å². The van der Waals surface area contributed by atoms with Crippen LogP contribution in [0.1, 0.15) is 35.6 Å². The maximum Gasteiger partial charge on any atom is 0.249 e. The summed E-state index contributed by atoms with van der Waals surface area (Å²) in [4.78, 5) is 12.2. The zero-order valence-corrected chi connectivity index (χ0v) is 13.2. The Kier molecular flexibility index (Phi) is 5.23. The number of halogens is 1. The Morgan fingerprint density at radius 2 is 2.00 bits per heavy atom. The van der Waals surface area contributed by atoms with Crippen LogP contribution in [-0.2, 0) is 22.7 Å². The van der Waals surface area contributed by atoms with Gasteiger partial charge in [-0.25, -0.2) is 4.39 Å². The molecule has 0 spiro atoms. The number of carbonyl (C=O) groups is 1. The average Bonchev–Trinajstić information content (AvgIpc) is 3.11. The fraction of sp³-hybridized carbons (Fsp3) is 0.316. The van der Waals surface area contributed by atoms with Gasteiger partial charge in [-0.1, -0.05) is 42.5 Å². The summed E-state index contributed by atoms with van der Waals surface area (Å²) in [7, 11) is 0. The molecule has 24 heavy (non-hydrogen) atoms. The van der Waals surface area contributed by atoms with Crippen LogP contribution in [0.25, 0.3) is 0 Å². The zero-order chi connectivity index (χ0) is 16.9. The molecule has 0 bridgehead atoms. The average molecular weight is 329 g/mol. The van der Waals surface area contributed by atoms with Gasteiger partial charge in [0.1, 0.15) is 11.9 Å². The summed E-state index contributed by atoms with van der Waals surface area (Å²) < 4.78 is 19.5. The van der Waals surface area contributed by atoms with E-state index in [-0.39, 0.29) is 30.7 Å². The largest absolute Gasteiger partial charge is 0.392 e. The molecule has 0 aliphatic carbocycles. The molecule has 0 unspecified atom stereocenters. The molecule has 0 radical (unpaired) electrons.